The molecule has 0 unspecified atom stereocenters. The first-order chi connectivity index (χ1) is 8.02. The van der Waals surface area contributed by atoms with Crippen LogP contribution in [0.25, 0.3) is 0 Å². The summed E-state index contributed by atoms with van der Waals surface area (Å²) < 4.78 is 11.3. The van der Waals surface area contributed by atoms with E-state index in [0.717, 1.165) is 16.3 Å². The van der Waals surface area contributed by atoms with Crippen LogP contribution in [-0.2, 0) is 4.79 Å². The van der Waals surface area contributed by atoms with Gasteiger partial charge in [0.25, 0.3) is 0 Å². The number of halogens is 1. The molecule has 0 bridgehead atoms. The van der Waals surface area contributed by atoms with E-state index >= 15 is 0 Å². The van der Waals surface area contributed by atoms with Crippen molar-refractivity contribution in [2.45, 2.75) is 6.92 Å². The second-order valence-electron chi connectivity index (χ2n) is 3.41. The molecule has 0 radical (unpaired) electrons. The quantitative estimate of drug-likeness (QED) is 0.850. The van der Waals surface area contributed by atoms with Gasteiger partial charge in [-0.3, -0.25) is 0 Å². The number of carboxylic acids is 1. The number of carbonyl (C=O) groups is 1. The monoisotopic (exact) mass is 300 g/mol. The van der Waals surface area contributed by atoms with Gasteiger partial charge >= 0.3 is 5.97 Å². The van der Waals surface area contributed by atoms with Gasteiger partial charge in [-0.05, 0) is 46.6 Å². The van der Waals surface area contributed by atoms with Crippen molar-refractivity contribution >= 4 is 21.9 Å². The smallest absolute Gasteiger partial charge is 0.328 e. The highest BCUT2D eigenvalue weighted by Gasteiger charge is 2.03. The molecule has 0 heterocycles. The Morgan fingerprint density at radius 2 is 2.24 bits per heavy atom. The minimum Gasteiger partial charge on any atom is -0.497 e. The van der Waals surface area contributed by atoms with Crippen molar-refractivity contribution in [3.05, 3.63) is 34.3 Å². The maximum Gasteiger partial charge on any atom is 0.328 e. The van der Waals surface area contributed by atoms with Crippen LogP contribution in [0, 0.1) is 0 Å². The van der Waals surface area contributed by atoms with Gasteiger partial charge in [0.15, 0.2) is 0 Å². The van der Waals surface area contributed by atoms with E-state index in [9.17, 15) is 4.79 Å². The standard InChI is InChI=1S/C12H13BrO4/c1-8(5-12(14)15)7-17-11-4-3-9(16-2)6-10(11)13/h3-6H,7H2,1-2H3,(H,14,15)/b8-5+. The number of benzene rings is 1. The molecule has 0 spiro atoms. The van der Waals surface area contributed by atoms with Crippen LogP contribution in [0.2, 0.25) is 0 Å². The van der Waals surface area contributed by atoms with Gasteiger partial charge < -0.3 is 14.6 Å². The molecule has 0 amide bonds. The molecule has 4 nitrogen and oxygen atoms in total. The van der Waals surface area contributed by atoms with Gasteiger partial charge in [0.1, 0.15) is 18.1 Å². The summed E-state index contributed by atoms with van der Waals surface area (Å²) in [5.41, 5.74) is 0.639. The first-order valence-electron chi connectivity index (χ1n) is 4.89. The molecule has 1 N–H and O–H groups in total. The summed E-state index contributed by atoms with van der Waals surface area (Å²) >= 11 is 3.35. The number of rotatable bonds is 5. The van der Waals surface area contributed by atoms with E-state index < -0.39 is 5.97 Å². The van der Waals surface area contributed by atoms with Crippen molar-refractivity contribution in [2.24, 2.45) is 0 Å². The molecule has 0 saturated heterocycles. The zero-order valence-corrected chi connectivity index (χ0v) is 11.2. The van der Waals surface area contributed by atoms with E-state index in [0.29, 0.717) is 11.3 Å². The highest BCUT2D eigenvalue weighted by Crippen LogP contribution is 2.29. The van der Waals surface area contributed by atoms with Crippen LogP contribution in [0.4, 0.5) is 0 Å². The van der Waals surface area contributed by atoms with Crippen LogP contribution < -0.4 is 9.47 Å². The minimum absolute atomic E-state index is 0.233. The predicted molar refractivity (Wildman–Crippen MR) is 67.6 cm³/mol. The highest BCUT2D eigenvalue weighted by molar-refractivity contribution is 9.10. The number of ether oxygens (including phenoxy) is 2. The van der Waals surface area contributed by atoms with E-state index in [1.54, 1.807) is 32.2 Å². The van der Waals surface area contributed by atoms with Crippen LogP contribution >= 0.6 is 15.9 Å². The van der Waals surface area contributed by atoms with Crippen LogP contribution in [0.5, 0.6) is 11.5 Å². The fourth-order valence-corrected chi connectivity index (χ4v) is 1.64. The molecule has 0 aromatic heterocycles. The molecule has 0 aliphatic carbocycles. The van der Waals surface area contributed by atoms with E-state index in [1.165, 1.54) is 0 Å². The summed E-state index contributed by atoms with van der Waals surface area (Å²) in [4.78, 5) is 10.4. The number of aliphatic carboxylic acids is 1. The Bertz CT molecular complexity index is 440. The summed E-state index contributed by atoms with van der Waals surface area (Å²) in [5.74, 6) is 0.394. The third-order valence-electron chi connectivity index (χ3n) is 1.96. The van der Waals surface area contributed by atoms with Gasteiger partial charge in [0.2, 0.25) is 0 Å². The van der Waals surface area contributed by atoms with Gasteiger partial charge in [-0.2, -0.15) is 0 Å². The molecule has 5 heteroatoms. The largest absolute Gasteiger partial charge is 0.497 e. The lowest BCUT2D eigenvalue weighted by Gasteiger charge is -2.09. The van der Waals surface area contributed by atoms with Crippen molar-refractivity contribution in [3.63, 3.8) is 0 Å². The Kier molecular flexibility index (Phi) is 5.03. The number of carboxylic acid groups (broad SMARTS) is 1. The maximum absolute atomic E-state index is 10.4. The molecule has 1 rings (SSSR count). The van der Waals surface area contributed by atoms with Crippen LogP contribution in [0.15, 0.2) is 34.3 Å². The fourth-order valence-electron chi connectivity index (χ4n) is 1.17. The SMILES string of the molecule is COc1ccc(OC/C(C)=C/C(=O)O)c(Br)c1. The van der Waals surface area contributed by atoms with Crippen LogP contribution in [0.3, 0.4) is 0 Å². The predicted octanol–water partition coefficient (Wildman–Crippen LogP) is 2.87. The van der Waals surface area contributed by atoms with E-state index in [1.807, 2.05) is 0 Å². The van der Waals surface area contributed by atoms with Gasteiger partial charge in [-0.25, -0.2) is 4.79 Å². The van der Waals surface area contributed by atoms with Crippen molar-refractivity contribution in [2.75, 3.05) is 13.7 Å². The molecule has 0 fully saturated rings. The van der Waals surface area contributed by atoms with E-state index in [-0.39, 0.29) is 6.61 Å². The lowest BCUT2D eigenvalue weighted by molar-refractivity contribution is -0.131. The highest BCUT2D eigenvalue weighted by atomic mass is 79.9. The van der Waals surface area contributed by atoms with Crippen LogP contribution in [-0.4, -0.2) is 24.8 Å². The van der Waals surface area contributed by atoms with Crippen molar-refractivity contribution < 1.29 is 19.4 Å². The lowest BCUT2D eigenvalue weighted by Crippen LogP contribution is -2.01. The summed E-state index contributed by atoms with van der Waals surface area (Å²) in [6, 6.07) is 5.32. The van der Waals surface area contributed by atoms with Gasteiger partial charge in [0.05, 0.1) is 11.6 Å². The maximum atomic E-state index is 10.4. The molecular formula is C12H13BrO4. The first kappa shape index (κ1) is 13.6. The van der Waals surface area contributed by atoms with Gasteiger partial charge in [0, 0.05) is 6.08 Å². The summed E-state index contributed by atoms with van der Waals surface area (Å²) in [6.07, 6.45) is 1.12. The molecule has 92 valence electrons. The van der Waals surface area contributed by atoms with Crippen molar-refractivity contribution in [3.8, 4) is 11.5 Å². The summed E-state index contributed by atoms with van der Waals surface area (Å²) in [5, 5.41) is 8.55. The average Bonchev–Trinajstić information content (AvgIpc) is 2.26. The third-order valence-corrected chi connectivity index (χ3v) is 2.58. The Balaban J connectivity index is 2.67. The number of methoxy groups -OCH3 is 1. The lowest BCUT2D eigenvalue weighted by atomic mass is 10.3. The Labute approximate surface area is 108 Å². The number of hydrogen-bond acceptors (Lipinski definition) is 3. The summed E-state index contributed by atoms with van der Waals surface area (Å²) in [7, 11) is 1.59. The topological polar surface area (TPSA) is 55.8 Å². The Morgan fingerprint density at radius 3 is 2.76 bits per heavy atom. The van der Waals surface area contributed by atoms with E-state index in [2.05, 4.69) is 15.9 Å². The Morgan fingerprint density at radius 1 is 1.53 bits per heavy atom. The molecule has 1 aromatic rings. The average molecular weight is 301 g/mol. The molecule has 1 aromatic carbocycles. The molecular weight excluding hydrogens is 288 g/mol. The zero-order chi connectivity index (χ0) is 12.8. The minimum atomic E-state index is -0.972. The van der Waals surface area contributed by atoms with E-state index in [4.69, 9.17) is 14.6 Å². The normalized spacial score (nSPS) is 11.1. The molecule has 17 heavy (non-hydrogen) atoms. The summed E-state index contributed by atoms with van der Waals surface area (Å²) in [6.45, 7) is 1.93. The second kappa shape index (κ2) is 6.30. The third kappa shape index (κ3) is 4.48. The van der Waals surface area contributed by atoms with Crippen LogP contribution in [0.1, 0.15) is 6.92 Å². The zero-order valence-electron chi connectivity index (χ0n) is 9.57. The molecule has 0 aliphatic heterocycles. The van der Waals surface area contributed by atoms with Gasteiger partial charge in [-0.1, -0.05) is 0 Å². The molecule has 0 aliphatic rings. The van der Waals surface area contributed by atoms with Crippen molar-refractivity contribution in [1.29, 1.82) is 0 Å². The van der Waals surface area contributed by atoms with Crippen molar-refractivity contribution in [1.82, 2.24) is 0 Å². The van der Waals surface area contributed by atoms with Gasteiger partial charge in [-0.15, -0.1) is 0 Å². The fraction of sp³-hybridized carbons (Fsp3) is 0.250. The number of hydrogen-bond donors (Lipinski definition) is 1. The second-order valence-corrected chi connectivity index (χ2v) is 4.27. The molecule has 0 atom stereocenters. The Hall–Kier alpha value is -1.49. The molecule has 0 saturated carbocycles. The first-order valence-corrected chi connectivity index (χ1v) is 5.68.